The zero-order valence-electron chi connectivity index (χ0n) is 10.9. The summed E-state index contributed by atoms with van der Waals surface area (Å²) in [7, 11) is 1.41. The minimum absolute atomic E-state index is 0.224. The van der Waals surface area contributed by atoms with E-state index in [0.717, 1.165) is 12.8 Å². The summed E-state index contributed by atoms with van der Waals surface area (Å²) in [5.41, 5.74) is 0. The van der Waals surface area contributed by atoms with Crippen molar-refractivity contribution in [2.24, 2.45) is 0 Å². The van der Waals surface area contributed by atoms with Crippen molar-refractivity contribution in [2.75, 3.05) is 13.7 Å². The van der Waals surface area contributed by atoms with Gasteiger partial charge in [0.15, 0.2) is 0 Å². The molecule has 0 unspecified atom stereocenters. The van der Waals surface area contributed by atoms with Gasteiger partial charge in [-0.1, -0.05) is 12.8 Å². The van der Waals surface area contributed by atoms with E-state index in [-0.39, 0.29) is 12.5 Å². The van der Waals surface area contributed by atoms with E-state index in [1.165, 1.54) is 20.0 Å². The number of ether oxygens (including phenoxy) is 1. The molecule has 1 heterocycles. The lowest BCUT2D eigenvalue weighted by molar-refractivity contribution is -0.142. The molecule has 0 atom stereocenters. The summed E-state index contributed by atoms with van der Waals surface area (Å²) in [5.74, 6) is 0.885. The second-order valence-electron chi connectivity index (χ2n) is 4.63. The van der Waals surface area contributed by atoms with Crippen molar-refractivity contribution >= 4 is 5.97 Å². The smallest absolute Gasteiger partial charge is 0.319 e. The Balaban J connectivity index is 2.01. The fourth-order valence-electron chi connectivity index (χ4n) is 2.39. The monoisotopic (exact) mass is 253 g/mol. The molecule has 1 fully saturated rings. The molecule has 1 aromatic rings. The van der Waals surface area contributed by atoms with Crippen molar-refractivity contribution in [3.8, 4) is 0 Å². The fourth-order valence-corrected chi connectivity index (χ4v) is 2.39. The number of carbonyl (C=O) groups is 1. The van der Waals surface area contributed by atoms with Gasteiger partial charge < -0.3 is 9.15 Å². The molecule has 6 heteroatoms. The molecule has 1 aliphatic rings. The number of nitrogens with zero attached hydrogens (tertiary/aromatic N) is 3. The maximum Gasteiger partial charge on any atom is 0.319 e. The number of methoxy groups -OCH3 is 1. The van der Waals surface area contributed by atoms with E-state index < -0.39 is 0 Å². The molecule has 0 bridgehead atoms. The van der Waals surface area contributed by atoms with Gasteiger partial charge in [-0.3, -0.25) is 9.69 Å². The van der Waals surface area contributed by atoms with E-state index in [2.05, 4.69) is 15.1 Å². The number of esters is 1. The molecule has 1 saturated carbocycles. The predicted octanol–water partition coefficient (Wildman–Crippen LogP) is 1.30. The molecule has 0 spiro atoms. The third kappa shape index (κ3) is 3.29. The number of aromatic nitrogens is 2. The molecular weight excluding hydrogens is 234 g/mol. The van der Waals surface area contributed by atoms with Crippen LogP contribution in [-0.4, -0.2) is 40.8 Å². The van der Waals surface area contributed by atoms with E-state index in [9.17, 15) is 4.79 Å². The van der Waals surface area contributed by atoms with Gasteiger partial charge in [0.1, 0.15) is 0 Å². The molecule has 1 aromatic heterocycles. The van der Waals surface area contributed by atoms with Crippen LogP contribution in [0.1, 0.15) is 37.5 Å². The summed E-state index contributed by atoms with van der Waals surface area (Å²) >= 11 is 0. The average Bonchev–Trinajstić information content (AvgIpc) is 2.99. The van der Waals surface area contributed by atoms with Gasteiger partial charge in [-0.15, -0.1) is 10.2 Å². The minimum atomic E-state index is -0.224. The lowest BCUT2D eigenvalue weighted by Gasteiger charge is -2.25. The topological polar surface area (TPSA) is 68.5 Å². The minimum Gasteiger partial charge on any atom is -0.468 e. The largest absolute Gasteiger partial charge is 0.468 e. The first-order chi connectivity index (χ1) is 8.69. The van der Waals surface area contributed by atoms with Crippen molar-refractivity contribution in [3.05, 3.63) is 11.8 Å². The van der Waals surface area contributed by atoms with Crippen LogP contribution < -0.4 is 0 Å². The Bertz CT molecular complexity index is 399. The van der Waals surface area contributed by atoms with Crippen molar-refractivity contribution in [3.63, 3.8) is 0 Å². The Morgan fingerprint density at radius 2 is 2.17 bits per heavy atom. The van der Waals surface area contributed by atoms with Gasteiger partial charge in [0.25, 0.3) is 0 Å². The van der Waals surface area contributed by atoms with E-state index >= 15 is 0 Å². The van der Waals surface area contributed by atoms with Gasteiger partial charge in [-0.05, 0) is 12.8 Å². The van der Waals surface area contributed by atoms with Crippen LogP contribution in [-0.2, 0) is 16.1 Å². The van der Waals surface area contributed by atoms with E-state index in [1.54, 1.807) is 6.92 Å². The lowest BCUT2D eigenvalue weighted by Crippen LogP contribution is -2.37. The molecular formula is C12H19N3O3. The number of rotatable bonds is 5. The van der Waals surface area contributed by atoms with Gasteiger partial charge in [0.2, 0.25) is 11.8 Å². The van der Waals surface area contributed by atoms with Crippen molar-refractivity contribution < 1.29 is 13.9 Å². The third-order valence-corrected chi connectivity index (χ3v) is 3.31. The fraction of sp³-hybridized carbons (Fsp3) is 0.750. The zero-order chi connectivity index (χ0) is 13.0. The Labute approximate surface area is 106 Å². The van der Waals surface area contributed by atoms with Crippen molar-refractivity contribution in [2.45, 2.75) is 45.2 Å². The first kappa shape index (κ1) is 13.0. The van der Waals surface area contributed by atoms with Crippen LogP contribution in [0.3, 0.4) is 0 Å². The maximum absolute atomic E-state index is 11.4. The summed E-state index contributed by atoms with van der Waals surface area (Å²) in [6, 6.07) is 0.413. The highest BCUT2D eigenvalue weighted by Crippen LogP contribution is 2.24. The average molecular weight is 253 g/mol. The molecule has 18 heavy (non-hydrogen) atoms. The summed E-state index contributed by atoms with van der Waals surface area (Å²) in [6.07, 6.45) is 4.66. The second-order valence-corrected chi connectivity index (χ2v) is 4.63. The summed E-state index contributed by atoms with van der Waals surface area (Å²) < 4.78 is 10.1. The normalized spacial score (nSPS) is 16.4. The van der Waals surface area contributed by atoms with Gasteiger partial charge in [-0.2, -0.15) is 0 Å². The van der Waals surface area contributed by atoms with Gasteiger partial charge >= 0.3 is 5.97 Å². The Morgan fingerprint density at radius 3 is 2.72 bits per heavy atom. The van der Waals surface area contributed by atoms with Crippen LogP contribution in [0.25, 0.3) is 0 Å². The maximum atomic E-state index is 11.4. The van der Waals surface area contributed by atoms with Crippen LogP contribution in [0.5, 0.6) is 0 Å². The number of aryl methyl sites for hydroxylation is 1. The lowest BCUT2D eigenvalue weighted by atomic mass is 10.2. The number of hydrogen-bond donors (Lipinski definition) is 0. The predicted molar refractivity (Wildman–Crippen MR) is 63.7 cm³/mol. The molecule has 0 amide bonds. The Morgan fingerprint density at radius 1 is 1.44 bits per heavy atom. The van der Waals surface area contributed by atoms with Crippen LogP contribution >= 0.6 is 0 Å². The highest BCUT2D eigenvalue weighted by molar-refractivity contribution is 5.71. The first-order valence-corrected chi connectivity index (χ1v) is 6.29. The van der Waals surface area contributed by atoms with Crippen LogP contribution in [0, 0.1) is 6.92 Å². The standard InChI is InChI=1S/C12H19N3O3/c1-9-13-14-11(18-9)7-15(8-12(16)17-2)10-5-3-4-6-10/h10H,3-8H2,1-2H3. The summed E-state index contributed by atoms with van der Waals surface area (Å²) in [5, 5.41) is 7.79. The number of hydrogen-bond acceptors (Lipinski definition) is 6. The highest BCUT2D eigenvalue weighted by Gasteiger charge is 2.26. The molecule has 2 rings (SSSR count). The van der Waals surface area contributed by atoms with Crippen molar-refractivity contribution in [1.29, 1.82) is 0 Å². The SMILES string of the molecule is COC(=O)CN(Cc1nnc(C)o1)C1CCCC1. The van der Waals surface area contributed by atoms with Gasteiger partial charge in [-0.25, -0.2) is 0 Å². The summed E-state index contributed by atoms with van der Waals surface area (Å²) in [4.78, 5) is 13.5. The Kier molecular flexibility index (Phi) is 4.30. The molecule has 0 N–H and O–H groups in total. The quantitative estimate of drug-likeness (QED) is 0.737. The molecule has 0 radical (unpaired) electrons. The third-order valence-electron chi connectivity index (χ3n) is 3.31. The van der Waals surface area contributed by atoms with Gasteiger partial charge in [0, 0.05) is 13.0 Å². The zero-order valence-corrected chi connectivity index (χ0v) is 10.9. The molecule has 0 aromatic carbocycles. The van der Waals surface area contributed by atoms with E-state index in [1.807, 2.05) is 0 Å². The van der Waals surface area contributed by atoms with Gasteiger partial charge in [0.05, 0.1) is 20.2 Å². The Hall–Kier alpha value is -1.43. The van der Waals surface area contributed by atoms with Crippen molar-refractivity contribution in [1.82, 2.24) is 15.1 Å². The van der Waals surface area contributed by atoms with E-state index in [0.29, 0.717) is 24.4 Å². The summed E-state index contributed by atoms with van der Waals surface area (Å²) in [6.45, 7) is 2.56. The first-order valence-electron chi connectivity index (χ1n) is 6.29. The molecule has 100 valence electrons. The second kappa shape index (κ2) is 5.95. The highest BCUT2D eigenvalue weighted by atomic mass is 16.5. The van der Waals surface area contributed by atoms with E-state index in [4.69, 9.17) is 9.15 Å². The molecule has 6 nitrogen and oxygen atoms in total. The molecule has 0 aliphatic heterocycles. The van der Waals surface area contributed by atoms with Crippen LogP contribution in [0.4, 0.5) is 0 Å². The van der Waals surface area contributed by atoms with Crippen LogP contribution in [0.2, 0.25) is 0 Å². The van der Waals surface area contributed by atoms with Crippen LogP contribution in [0.15, 0.2) is 4.42 Å². The number of carbonyl (C=O) groups excluding carboxylic acids is 1. The molecule has 1 aliphatic carbocycles. The molecule has 0 saturated heterocycles.